The number of fused-ring (bicyclic) bond motifs is 3. The van der Waals surface area contributed by atoms with Crippen molar-refractivity contribution in [2.45, 2.75) is 0 Å². The Kier molecular flexibility index (Phi) is 2.35. The average Bonchev–Trinajstić information content (AvgIpc) is 3.00. The number of hydrogen-bond donors (Lipinski definition) is 0. The molecule has 0 amide bonds. The van der Waals surface area contributed by atoms with Gasteiger partial charge in [-0.3, -0.25) is 4.98 Å². The molecule has 4 aromatic rings. The summed E-state index contributed by atoms with van der Waals surface area (Å²) < 4.78 is 0. The molecular formula is C17H11NS. The molecule has 0 atom stereocenters. The van der Waals surface area contributed by atoms with Crippen molar-refractivity contribution < 1.29 is 0 Å². The minimum Gasteiger partial charge on any atom is -0.256 e. The highest BCUT2D eigenvalue weighted by molar-refractivity contribution is 7.13. The molecule has 19 heavy (non-hydrogen) atoms. The number of nitrogens with zero attached hydrogens (tertiary/aromatic N) is 1. The van der Waals surface area contributed by atoms with Crippen LogP contribution in [0, 0.1) is 0 Å². The van der Waals surface area contributed by atoms with Gasteiger partial charge in [-0.15, -0.1) is 11.3 Å². The van der Waals surface area contributed by atoms with Crippen molar-refractivity contribution in [1.29, 1.82) is 0 Å². The SMILES string of the molecule is c1csc(-c2ccnc3ccc4ccccc4c23)c1. The quantitative estimate of drug-likeness (QED) is 0.433. The van der Waals surface area contributed by atoms with Crippen LogP contribution in [0.4, 0.5) is 0 Å². The van der Waals surface area contributed by atoms with E-state index in [0.717, 1.165) is 5.52 Å². The van der Waals surface area contributed by atoms with Crippen LogP contribution in [0.2, 0.25) is 0 Å². The first-order valence-corrected chi connectivity index (χ1v) is 7.12. The normalized spacial score (nSPS) is 11.2. The van der Waals surface area contributed by atoms with Gasteiger partial charge in [-0.25, -0.2) is 0 Å². The molecule has 0 bridgehead atoms. The predicted octanol–water partition coefficient (Wildman–Crippen LogP) is 5.12. The van der Waals surface area contributed by atoms with Gasteiger partial charge in [-0.1, -0.05) is 36.4 Å². The van der Waals surface area contributed by atoms with Gasteiger partial charge in [0.25, 0.3) is 0 Å². The standard InChI is InChI=1S/C17H11NS/c1-2-5-13-12(4-1)7-8-15-17(13)14(9-10-18-15)16-6-3-11-19-16/h1-11H. The van der Waals surface area contributed by atoms with Crippen molar-refractivity contribution in [2.75, 3.05) is 0 Å². The minimum absolute atomic E-state index is 1.06. The molecule has 4 rings (SSSR count). The largest absolute Gasteiger partial charge is 0.256 e. The van der Waals surface area contributed by atoms with Gasteiger partial charge in [-0.05, 0) is 34.4 Å². The van der Waals surface area contributed by atoms with Crippen LogP contribution in [0.25, 0.3) is 32.1 Å². The number of thiophene rings is 1. The lowest BCUT2D eigenvalue weighted by Crippen LogP contribution is -1.84. The smallest absolute Gasteiger partial charge is 0.0714 e. The fourth-order valence-corrected chi connectivity index (χ4v) is 3.32. The second-order valence-electron chi connectivity index (χ2n) is 4.52. The summed E-state index contributed by atoms with van der Waals surface area (Å²) in [5.41, 5.74) is 2.33. The Morgan fingerprint density at radius 1 is 0.842 bits per heavy atom. The number of rotatable bonds is 1. The second-order valence-corrected chi connectivity index (χ2v) is 5.46. The highest BCUT2D eigenvalue weighted by Gasteiger charge is 2.08. The highest BCUT2D eigenvalue weighted by Crippen LogP contribution is 2.35. The van der Waals surface area contributed by atoms with Gasteiger partial charge in [-0.2, -0.15) is 0 Å². The molecule has 2 aromatic carbocycles. The fourth-order valence-electron chi connectivity index (χ4n) is 2.56. The molecule has 0 saturated heterocycles. The second kappa shape index (κ2) is 4.18. The minimum atomic E-state index is 1.06. The first kappa shape index (κ1) is 10.7. The van der Waals surface area contributed by atoms with Crippen LogP contribution >= 0.6 is 11.3 Å². The lowest BCUT2D eigenvalue weighted by molar-refractivity contribution is 1.42. The van der Waals surface area contributed by atoms with Crippen molar-refractivity contribution in [3.8, 4) is 10.4 Å². The molecule has 0 saturated carbocycles. The summed E-state index contributed by atoms with van der Waals surface area (Å²) >= 11 is 1.77. The summed E-state index contributed by atoms with van der Waals surface area (Å²) in [5.74, 6) is 0. The maximum Gasteiger partial charge on any atom is 0.0714 e. The topological polar surface area (TPSA) is 12.9 Å². The molecule has 2 aromatic heterocycles. The molecule has 0 fully saturated rings. The van der Waals surface area contributed by atoms with E-state index in [1.54, 1.807) is 11.3 Å². The summed E-state index contributed by atoms with van der Waals surface area (Å²) in [4.78, 5) is 5.80. The third kappa shape index (κ3) is 1.65. The van der Waals surface area contributed by atoms with Gasteiger partial charge in [0.05, 0.1) is 5.52 Å². The molecule has 2 heteroatoms. The Morgan fingerprint density at radius 2 is 1.79 bits per heavy atom. The van der Waals surface area contributed by atoms with Crippen LogP contribution in [-0.2, 0) is 0 Å². The van der Waals surface area contributed by atoms with Crippen molar-refractivity contribution in [3.63, 3.8) is 0 Å². The molecular weight excluding hydrogens is 250 g/mol. The highest BCUT2D eigenvalue weighted by atomic mass is 32.1. The van der Waals surface area contributed by atoms with Gasteiger partial charge in [0.1, 0.15) is 0 Å². The van der Waals surface area contributed by atoms with Gasteiger partial charge in [0, 0.05) is 22.0 Å². The lowest BCUT2D eigenvalue weighted by Gasteiger charge is -2.07. The number of aromatic nitrogens is 1. The third-order valence-electron chi connectivity index (χ3n) is 3.42. The zero-order chi connectivity index (χ0) is 12.7. The van der Waals surface area contributed by atoms with Gasteiger partial charge >= 0.3 is 0 Å². The van der Waals surface area contributed by atoms with E-state index in [9.17, 15) is 0 Å². The summed E-state index contributed by atoms with van der Waals surface area (Å²) in [7, 11) is 0. The van der Waals surface area contributed by atoms with E-state index in [1.165, 1.54) is 26.6 Å². The summed E-state index contributed by atoms with van der Waals surface area (Å²) in [6.07, 6.45) is 1.90. The molecule has 0 aliphatic rings. The van der Waals surface area contributed by atoms with Crippen molar-refractivity contribution in [1.82, 2.24) is 4.98 Å². The average molecular weight is 261 g/mol. The van der Waals surface area contributed by atoms with E-state index in [4.69, 9.17) is 0 Å². The Morgan fingerprint density at radius 3 is 2.68 bits per heavy atom. The Hall–Kier alpha value is -2.19. The summed E-state index contributed by atoms with van der Waals surface area (Å²) in [5, 5.41) is 5.91. The van der Waals surface area contributed by atoms with Gasteiger partial charge < -0.3 is 0 Å². The third-order valence-corrected chi connectivity index (χ3v) is 4.32. The molecule has 0 aliphatic heterocycles. The number of hydrogen-bond acceptors (Lipinski definition) is 2. The van der Waals surface area contributed by atoms with E-state index in [2.05, 4.69) is 65.0 Å². The van der Waals surface area contributed by atoms with Crippen LogP contribution in [0.1, 0.15) is 0 Å². The lowest BCUT2D eigenvalue weighted by atomic mass is 10.0. The molecule has 2 heterocycles. The number of pyridine rings is 1. The predicted molar refractivity (Wildman–Crippen MR) is 82.6 cm³/mol. The molecule has 0 N–H and O–H groups in total. The molecule has 0 radical (unpaired) electrons. The van der Waals surface area contributed by atoms with E-state index in [0.29, 0.717) is 0 Å². The van der Waals surface area contributed by atoms with Gasteiger partial charge in [0.15, 0.2) is 0 Å². The van der Waals surface area contributed by atoms with E-state index in [1.807, 2.05) is 6.20 Å². The number of benzene rings is 2. The van der Waals surface area contributed by atoms with E-state index in [-0.39, 0.29) is 0 Å². The molecule has 0 aliphatic carbocycles. The zero-order valence-electron chi connectivity index (χ0n) is 10.2. The van der Waals surface area contributed by atoms with Gasteiger partial charge in [0.2, 0.25) is 0 Å². The summed E-state index contributed by atoms with van der Waals surface area (Å²) in [6.45, 7) is 0. The van der Waals surface area contributed by atoms with Crippen molar-refractivity contribution >= 4 is 33.0 Å². The van der Waals surface area contributed by atoms with Crippen LogP contribution in [0.3, 0.4) is 0 Å². The van der Waals surface area contributed by atoms with Crippen LogP contribution in [0.15, 0.2) is 66.2 Å². The first-order valence-electron chi connectivity index (χ1n) is 6.24. The molecule has 0 spiro atoms. The Labute approximate surface area is 115 Å². The van der Waals surface area contributed by atoms with Crippen molar-refractivity contribution in [3.05, 3.63) is 66.2 Å². The first-order chi connectivity index (χ1) is 9.43. The maximum absolute atomic E-state index is 4.51. The zero-order valence-corrected chi connectivity index (χ0v) is 11.0. The Balaban J connectivity index is 2.22. The maximum atomic E-state index is 4.51. The van der Waals surface area contributed by atoms with E-state index >= 15 is 0 Å². The van der Waals surface area contributed by atoms with Crippen molar-refractivity contribution in [2.24, 2.45) is 0 Å². The monoisotopic (exact) mass is 261 g/mol. The molecule has 0 unspecified atom stereocenters. The molecule has 1 nitrogen and oxygen atoms in total. The van der Waals surface area contributed by atoms with Crippen LogP contribution in [-0.4, -0.2) is 4.98 Å². The van der Waals surface area contributed by atoms with Crippen LogP contribution < -0.4 is 0 Å². The fraction of sp³-hybridized carbons (Fsp3) is 0. The van der Waals surface area contributed by atoms with Crippen LogP contribution in [0.5, 0.6) is 0 Å². The van der Waals surface area contributed by atoms with E-state index < -0.39 is 0 Å². The Bertz CT molecular complexity index is 863. The summed E-state index contributed by atoms with van der Waals surface area (Å²) in [6, 6.07) is 19.1. The molecule has 90 valence electrons.